The highest BCUT2D eigenvalue weighted by atomic mass is 32.3. The van der Waals surface area contributed by atoms with Gasteiger partial charge in [0.2, 0.25) is 0 Å². The van der Waals surface area contributed by atoms with Gasteiger partial charge in [-0.15, -0.1) is 0 Å². The van der Waals surface area contributed by atoms with Crippen molar-refractivity contribution in [1.82, 2.24) is 0 Å². The molecule has 1 aromatic rings. The van der Waals surface area contributed by atoms with E-state index < -0.39 is 10.4 Å². The van der Waals surface area contributed by atoms with E-state index in [1.807, 2.05) is 6.07 Å². The summed E-state index contributed by atoms with van der Waals surface area (Å²) in [5.41, 5.74) is 2.45. The van der Waals surface area contributed by atoms with Crippen LogP contribution in [0.3, 0.4) is 0 Å². The number of aliphatic hydroxyl groups excluding tert-OH is 1. The van der Waals surface area contributed by atoms with Crippen LogP contribution in [0.15, 0.2) is 24.3 Å². The van der Waals surface area contributed by atoms with Crippen molar-refractivity contribution in [3.05, 3.63) is 29.8 Å². The molecule has 0 atom stereocenters. The lowest BCUT2D eigenvalue weighted by atomic mass is 10.2. The molecule has 0 fully saturated rings. The van der Waals surface area contributed by atoms with Crippen LogP contribution in [0, 0.1) is 6.92 Å². The fourth-order valence-electron chi connectivity index (χ4n) is 1.42. The van der Waals surface area contributed by atoms with E-state index in [4.69, 9.17) is 22.6 Å². The van der Waals surface area contributed by atoms with Crippen LogP contribution in [0.5, 0.6) is 0 Å². The normalized spacial score (nSPS) is 10.5. The molecule has 0 aliphatic heterocycles. The summed E-state index contributed by atoms with van der Waals surface area (Å²) in [6.07, 6.45) is 0. The van der Waals surface area contributed by atoms with Crippen molar-refractivity contribution < 1.29 is 22.6 Å². The quantitative estimate of drug-likeness (QED) is 0.714. The molecule has 0 aliphatic rings. The average molecular weight is 277 g/mol. The number of anilines is 1. The molecule has 0 spiro atoms. The summed E-state index contributed by atoms with van der Waals surface area (Å²) in [5, 5.41) is 8.86. The second-order valence-electron chi connectivity index (χ2n) is 3.59. The van der Waals surface area contributed by atoms with E-state index in [9.17, 15) is 0 Å². The first kappa shape index (κ1) is 16.9. The molecule has 1 aromatic carbocycles. The standard InChI is InChI=1S/C11H17NO.H2O4S/c1-3-12(7-8-13)11-6-4-5-10(2)9-11;1-5(2,3)4/h4-6,9,13H,3,7-8H2,1-2H3;(H2,1,2,3,4). The van der Waals surface area contributed by atoms with Gasteiger partial charge < -0.3 is 10.0 Å². The van der Waals surface area contributed by atoms with Gasteiger partial charge >= 0.3 is 10.4 Å². The van der Waals surface area contributed by atoms with Crippen LogP contribution in [-0.4, -0.2) is 42.3 Å². The summed E-state index contributed by atoms with van der Waals surface area (Å²) in [7, 11) is -4.67. The summed E-state index contributed by atoms with van der Waals surface area (Å²) < 4.78 is 31.6. The molecule has 18 heavy (non-hydrogen) atoms. The summed E-state index contributed by atoms with van der Waals surface area (Å²) in [6.45, 7) is 6.03. The van der Waals surface area contributed by atoms with Crippen molar-refractivity contribution in [2.75, 3.05) is 24.6 Å². The van der Waals surface area contributed by atoms with Crippen molar-refractivity contribution in [3.8, 4) is 0 Å². The fraction of sp³-hybridized carbons (Fsp3) is 0.455. The molecule has 0 bridgehead atoms. The van der Waals surface area contributed by atoms with Gasteiger partial charge in [-0.25, -0.2) is 0 Å². The van der Waals surface area contributed by atoms with Gasteiger partial charge in [-0.1, -0.05) is 12.1 Å². The molecule has 6 nitrogen and oxygen atoms in total. The van der Waals surface area contributed by atoms with Crippen molar-refractivity contribution in [2.45, 2.75) is 13.8 Å². The Morgan fingerprint density at radius 2 is 1.83 bits per heavy atom. The molecular formula is C11H19NO5S. The Bertz CT molecular complexity index is 439. The Kier molecular flexibility index (Phi) is 7.53. The summed E-state index contributed by atoms with van der Waals surface area (Å²) in [5.74, 6) is 0. The molecule has 0 radical (unpaired) electrons. The van der Waals surface area contributed by atoms with E-state index in [2.05, 4.69) is 36.9 Å². The Labute approximate surface area is 107 Å². The van der Waals surface area contributed by atoms with E-state index in [0.717, 1.165) is 6.54 Å². The highest BCUT2D eigenvalue weighted by Gasteiger charge is 2.01. The van der Waals surface area contributed by atoms with Gasteiger partial charge in [0.05, 0.1) is 6.61 Å². The van der Waals surface area contributed by atoms with E-state index in [0.29, 0.717) is 6.54 Å². The molecule has 1 rings (SSSR count). The van der Waals surface area contributed by atoms with Gasteiger partial charge in [0.1, 0.15) is 0 Å². The molecule has 0 aromatic heterocycles. The summed E-state index contributed by atoms with van der Waals surface area (Å²) in [4.78, 5) is 2.16. The largest absolute Gasteiger partial charge is 0.395 e. The van der Waals surface area contributed by atoms with Gasteiger partial charge in [-0.05, 0) is 31.5 Å². The number of aliphatic hydroxyl groups is 1. The first-order chi connectivity index (χ1) is 8.27. The maximum absolute atomic E-state index is 8.86. The van der Waals surface area contributed by atoms with E-state index in [-0.39, 0.29) is 6.61 Å². The van der Waals surface area contributed by atoms with Crippen LogP contribution in [0.2, 0.25) is 0 Å². The number of nitrogens with zero attached hydrogens (tertiary/aromatic N) is 1. The third-order valence-corrected chi connectivity index (χ3v) is 2.12. The minimum atomic E-state index is -4.67. The average Bonchev–Trinajstić information content (AvgIpc) is 2.23. The lowest BCUT2D eigenvalue weighted by Crippen LogP contribution is -2.26. The molecule has 104 valence electrons. The summed E-state index contributed by atoms with van der Waals surface area (Å²) in [6, 6.07) is 8.34. The van der Waals surface area contributed by atoms with Crippen molar-refractivity contribution in [3.63, 3.8) is 0 Å². The molecule has 7 heteroatoms. The van der Waals surface area contributed by atoms with E-state index >= 15 is 0 Å². The zero-order valence-electron chi connectivity index (χ0n) is 10.4. The second-order valence-corrected chi connectivity index (χ2v) is 4.49. The van der Waals surface area contributed by atoms with Gasteiger partial charge in [0, 0.05) is 18.8 Å². The minimum Gasteiger partial charge on any atom is -0.395 e. The molecule has 0 heterocycles. The summed E-state index contributed by atoms with van der Waals surface area (Å²) >= 11 is 0. The van der Waals surface area contributed by atoms with E-state index in [1.54, 1.807) is 0 Å². The SMILES string of the molecule is CCN(CCO)c1cccc(C)c1.O=S(=O)(O)O. The van der Waals surface area contributed by atoms with Gasteiger partial charge in [-0.2, -0.15) is 8.42 Å². The van der Waals surface area contributed by atoms with Gasteiger partial charge in [0.15, 0.2) is 0 Å². The second kappa shape index (κ2) is 8.04. The lowest BCUT2D eigenvalue weighted by molar-refractivity contribution is 0.302. The first-order valence-corrected chi connectivity index (χ1v) is 6.80. The third kappa shape index (κ3) is 8.94. The predicted octanol–water partition coefficient (Wildman–Crippen LogP) is 1.16. The number of rotatable bonds is 4. The first-order valence-electron chi connectivity index (χ1n) is 5.40. The number of hydrogen-bond donors (Lipinski definition) is 3. The minimum absolute atomic E-state index is 0.210. The zero-order chi connectivity index (χ0) is 14.2. The fourth-order valence-corrected chi connectivity index (χ4v) is 1.42. The van der Waals surface area contributed by atoms with Crippen LogP contribution in [0.25, 0.3) is 0 Å². The highest BCUT2D eigenvalue weighted by Crippen LogP contribution is 2.14. The lowest BCUT2D eigenvalue weighted by Gasteiger charge is -2.22. The van der Waals surface area contributed by atoms with Crippen LogP contribution in [0.1, 0.15) is 12.5 Å². The third-order valence-electron chi connectivity index (χ3n) is 2.12. The van der Waals surface area contributed by atoms with Crippen LogP contribution < -0.4 is 4.90 Å². The Morgan fingerprint density at radius 1 is 1.28 bits per heavy atom. The molecular weight excluding hydrogens is 258 g/mol. The van der Waals surface area contributed by atoms with Gasteiger partial charge in [-0.3, -0.25) is 9.11 Å². The Hall–Kier alpha value is -1.15. The van der Waals surface area contributed by atoms with Crippen molar-refractivity contribution in [1.29, 1.82) is 0 Å². The van der Waals surface area contributed by atoms with Gasteiger partial charge in [0.25, 0.3) is 0 Å². The smallest absolute Gasteiger partial charge is 0.394 e. The molecule has 3 N–H and O–H groups in total. The zero-order valence-corrected chi connectivity index (χ0v) is 11.3. The molecule has 0 aliphatic carbocycles. The maximum atomic E-state index is 8.86. The number of hydrogen-bond acceptors (Lipinski definition) is 4. The van der Waals surface area contributed by atoms with E-state index in [1.165, 1.54) is 11.3 Å². The number of aryl methyl sites for hydroxylation is 1. The van der Waals surface area contributed by atoms with Crippen molar-refractivity contribution >= 4 is 16.1 Å². The monoisotopic (exact) mass is 277 g/mol. The maximum Gasteiger partial charge on any atom is 0.394 e. The predicted molar refractivity (Wildman–Crippen MR) is 70.3 cm³/mol. The Morgan fingerprint density at radius 3 is 2.22 bits per heavy atom. The van der Waals surface area contributed by atoms with Crippen LogP contribution in [0.4, 0.5) is 5.69 Å². The molecule has 0 unspecified atom stereocenters. The number of benzene rings is 1. The Balaban J connectivity index is 0.000000494. The van der Waals surface area contributed by atoms with Crippen molar-refractivity contribution in [2.24, 2.45) is 0 Å². The van der Waals surface area contributed by atoms with Crippen LogP contribution >= 0.6 is 0 Å². The highest BCUT2D eigenvalue weighted by molar-refractivity contribution is 7.79. The van der Waals surface area contributed by atoms with Crippen LogP contribution in [-0.2, 0) is 10.4 Å². The number of likely N-dealkylation sites (N-methyl/N-ethyl adjacent to an activating group) is 1. The topological polar surface area (TPSA) is 98.1 Å². The molecule has 0 saturated carbocycles. The molecule has 0 amide bonds. The molecule has 0 saturated heterocycles.